The van der Waals surface area contributed by atoms with E-state index in [1.807, 2.05) is 31.3 Å². The Balaban J connectivity index is 1.47. The molecule has 1 saturated carbocycles. The summed E-state index contributed by atoms with van der Waals surface area (Å²) in [6.45, 7) is 1.48. The molecule has 0 N–H and O–H groups in total. The summed E-state index contributed by atoms with van der Waals surface area (Å²) in [5, 5.41) is 2.46. The van der Waals surface area contributed by atoms with E-state index in [1.54, 1.807) is 12.1 Å². The molecule has 4 heteroatoms. The molecule has 0 radical (unpaired) electrons. The van der Waals surface area contributed by atoms with Gasteiger partial charge >= 0.3 is 6.18 Å². The van der Waals surface area contributed by atoms with Crippen molar-refractivity contribution in [2.45, 2.75) is 43.9 Å². The van der Waals surface area contributed by atoms with E-state index in [2.05, 4.69) is 35.2 Å². The predicted molar refractivity (Wildman–Crippen MR) is 107 cm³/mol. The van der Waals surface area contributed by atoms with Gasteiger partial charge in [0.05, 0.1) is 5.41 Å². The molecule has 0 bridgehead atoms. The maximum Gasteiger partial charge on any atom is 0.398 e. The Morgan fingerprint density at radius 1 is 0.857 bits per heavy atom. The number of benzene rings is 3. The van der Waals surface area contributed by atoms with E-state index in [-0.39, 0.29) is 12.8 Å². The Kier molecular flexibility index (Phi) is 4.92. The highest BCUT2D eigenvalue weighted by atomic mass is 19.4. The molecule has 0 spiro atoms. The lowest BCUT2D eigenvalue weighted by Crippen LogP contribution is -2.47. The number of fused-ring (bicyclic) bond motifs is 1. The molecule has 3 aromatic carbocycles. The molecule has 0 heterocycles. The lowest BCUT2D eigenvalue weighted by Gasteiger charge is -2.43. The van der Waals surface area contributed by atoms with Gasteiger partial charge in [-0.2, -0.15) is 13.2 Å². The molecule has 1 aliphatic carbocycles. The van der Waals surface area contributed by atoms with Gasteiger partial charge < -0.3 is 0 Å². The summed E-state index contributed by atoms with van der Waals surface area (Å²) in [5.74, 6) is 0. The van der Waals surface area contributed by atoms with Crippen molar-refractivity contribution >= 4 is 10.8 Å². The molecule has 0 unspecified atom stereocenters. The highest BCUT2D eigenvalue weighted by Gasteiger charge is 2.59. The molecule has 0 amide bonds. The van der Waals surface area contributed by atoms with Crippen LogP contribution in [0.2, 0.25) is 0 Å². The lowest BCUT2D eigenvalue weighted by atomic mass is 9.64. The average Bonchev–Trinajstić information content (AvgIpc) is 2.61. The van der Waals surface area contributed by atoms with Crippen molar-refractivity contribution in [1.82, 2.24) is 4.90 Å². The van der Waals surface area contributed by atoms with Gasteiger partial charge in [-0.05, 0) is 47.4 Å². The van der Waals surface area contributed by atoms with Gasteiger partial charge in [0.1, 0.15) is 0 Å². The van der Waals surface area contributed by atoms with Crippen LogP contribution in [0, 0.1) is 0 Å². The second-order valence-corrected chi connectivity index (χ2v) is 7.94. The number of hydrogen-bond acceptors (Lipinski definition) is 1. The Morgan fingerprint density at radius 2 is 1.54 bits per heavy atom. The Labute approximate surface area is 163 Å². The topological polar surface area (TPSA) is 3.24 Å². The van der Waals surface area contributed by atoms with Crippen molar-refractivity contribution in [2.75, 3.05) is 7.05 Å². The van der Waals surface area contributed by atoms with Crippen LogP contribution in [-0.4, -0.2) is 18.1 Å². The normalized spacial score (nSPS) is 16.3. The van der Waals surface area contributed by atoms with Crippen LogP contribution < -0.4 is 0 Å². The second kappa shape index (κ2) is 7.25. The van der Waals surface area contributed by atoms with Gasteiger partial charge in [-0.3, -0.25) is 4.90 Å². The van der Waals surface area contributed by atoms with Gasteiger partial charge in [0.15, 0.2) is 0 Å². The van der Waals surface area contributed by atoms with Gasteiger partial charge in [-0.1, -0.05) is 73.2 Å². The van der Waals surface area contributed by atoms with Crippen LogP contribution in [0.15, 0.2) is 66.7 Å². The summed E-state index contributed by atoms with van der Waals surface area (Å²) >= 11 is 0. The van der Waals surface area contributed by atoms with Gasteiger partial charge in [0, 0.05) is 13.1 Å². The van der Waals surface area contributed by atoms with Gasteiger partial charge in [0.2, 0.25) is 0 Å². The van der Waals surface area contributed by atoms with E-state index in [0.29, 0.717) is 18.5 Å². The van der Waals surface area contributed by atoms with Crippen LogP contribution in [0.5, 0.6) is 0 Å². The van der Waals surface area contributed by atoms with Crippen molar-refractivity contribution in [3.05, 3.63) is 83.4 Å². The zero-order valence-corrected chi connectivity index (χ0v) is 16.0. The number of hydrogen-bond donors (Lipinski definition) is 0. The quantitative estimate of drug-likeness (QED) is 0.489. The zero-order valence-electron chi connectivity index (χ0n) is 16.0. The molecular weight excluding hydrogens is 359 g/mol. The minimum Gasteiger partial charge on any atom is -0.298 e. The van der Waals surface area contributed by atoms with E-state index in [4.69, 9.17) is 0 Å². The van der Waals surface area contributed by atoms with Gasteiger partial charge in [-0.25, -0.2) is 0 Å². The summed E-state index contributed by atoms with van der Waals surface area (Å²) < 4.78 is 40.5. The fourth-order valence-corrected chi connectivity index (χ4v) is 4.28. The van der Waals surface area contributed by atoms with Crippen LogP contribution in [0.4, 0.5) is 13.2 Å². The van der Waals surface area contributed by atoms with E-state index in [0.717, 1.165) is 12.1 Å². The second-order valence-electron chi connectivity index (χ2n) is 7.94. The third kappa shape index (κ3) is 3.42. The Bertz CT molecular complexity index is 950. The smallest absolute Gasteiger partial charge is 0.298 e. The molecule has 1 aliphatic rings. The van der Waals surface area contributed by atoms with Crippen molar-refractivity contribution in [3.8, 4) is 0 Å². The minimum atomic E-state index is -4.17. The Morgan fingerprint density at radius 3 is 2.18 bits per heavy atom. The minimum absolute atomic E-state index is 0.205. The summed E-state index contributed by atoms with van der Waals surface area (Å²) in [6, 6.07) is 21.7. The van der Waals surface area contributed by atoms with E-state index < -0.39 is 11.6 Å². The average molecular weight is 383 g/mol. The zero-order chi connectivity index (χ0) is 19.8. The molecule has 146 valence electrons. The molecule has 28 heavy (non-hydrogen) atoms. The summed E-state index contributed by atoms with van der Waals surface area (Å²) in [6.07, 6.45) is -3.11. The first-order valence-corrected chi connectivity index (χ1v) is 9.70. The number of alkyl halides is 3. The molecule has 0 aliphatic heterocycles. The van der Waals surface area contributed by atoms with Crippen LogP contribution in [-0.2, 0) is 18.5 Å². The van der Waals surface area contributed by atoms with E-state index in [1.165, 1.54) is 16.3 Å². The molecule has 0 atom stereocenters. The largest absolute Gasteiger partial charge is 0.398 e. The first-order valence-electron chi connectivity index (χ1n) is 9.70. The van der Waals surface area contributed by atoms with Crippen LogP contribution in [0.3, 0.4) is 0 Å². The lowest BCUT2D eigenvalue weighted by molar-refractivity contribution is -0.212. The van der Waals surface area contributed by atoms with E-state index in [9.17, 15) is 13.2 Å². The fourth-order valence-electron chi connectivity index (χ4n) is 4.28. The number of rotatable bonds is 5. The maximum atomic E-state index is 13.5. The standard InChI is InChI=1S/C24H24F3N/c1-28(17-20-8-4-7-19-6-2-3-9-22(19)20)16-18-10-12-21(13-11-18)23(14-5-15-23)24(25,26)27/h2-4,6-13H,5,14-17H2,1H3. The van der Waals surface area contributed by atoms with Crippen molar-refractivity contribution in [3.63, 3.8) is 0 Å². The third-order valence-electron chi connectivity index (χ3n) is 6.03. The monoisotopic (exact) mass is 383 g/mol. The van der Waals surface area contributed by atoms with Crippen molar-refractivity contribution in [2.24, 2.45) is 0 Å². The van der Waals surface area contributed by atoms with E-state index >= 15 is 0 Å². The fraction of sp³-hybridized carbons (Fsp3) is 0.333. The van der Waals surface area contributed by atoms with Crippen molar-refractivity contribution < 1.29 is 13.2 Å². The molecule has 3 aromatic rings. The molecule has 4 rings (SSSR count). The van der Waals surface area contributed by atoms with Gasteiger partial charge in [-0.15, -0.1) is 0 Å². The van der Waals surface area contributed by atoms with Crippen LogP contribution in [0.1, 0.15) is 36.0 Å². The summed E-state index contributed by atoms with van der Waals surface area (Å²) in [5.41, 5.74) is 1.07. The maximum absolute atomic E-state index is 13.5. The van der Waals surface area contributed by atoms with Crippen molar-refractivity contribution in [1.29, 1.82) is 0 Å². The highest BCUT2D eigenvalue weighted by Crippen LogP contribution is 2.54. The molecule has 0 saturated heterocycles. The third-order valence-corrected chi connectivity index (χ3v) is 6.03. The Hall–Kier alpha value is -2.33. The predicted octanol–water partition coefficient (Wildman–Crippen LogP) is 6.46. The first-order chi connectivity index (χ1) is 13.4. The molecular formula is C24H24F3N. The number of nitrogens with zero attached hydrogens (tertiary/aromatic N) is 1. The van der Waals surface area contributed by atoms with Crippen LogP contribution >= 0.6 is 0 Å². The number of halogens is 3. The SMILES string of the molecule is CN(Cc1ccc(C2(C(F)(F)F)CCC2)cc1)Cc1cccc2ccccc12. The van der Waals surface area contributed by atoms with Crippen LogP contribution in [0.25, 0.3) is 10.8 Å². The van der Waals surface area contributed by atoms with Gasteiger partial charge in [0.25, 0.3) is 0 Å². The molecule has 0 aromatic heterocycles. The molecule has 1 fully saturated rings. The summed E-state index contributed by atoms with van der Waals surface area (Å²) in [4.78, 5) is 2.19. The molecule has 1 nitrogen and oxygen atoms in total. The summed E-state index contributed by atoms with van der Waals surface area (Å²) in [7, 11) is 2.04. The first kappa shape index (κ1) is 19.0. The highest BCUT2D eigenvalue weighted by molar-refractivity contribution is 5.85.